The van der Waals surface area contributed by atoms with Gasteiger partial charge in [0.15, 0.2) is 12.4 Å². The standard InChI is InChI=1S/C13H11BrN3.HI/c1-17-7-9(6-10(14)8-17)13-15-11-4-2-3-5-12(11)16-13;/h2-8H,1H3,(H,15,16);1H/q+1;/p-1. The summed E-state index contributed by atoms with van der Waals surface area (Å²) in [4.78, 5) is 7.90. The van der Waals surface area contributed by atoms with Crippen LogP contribution in [0.1, 0.15) is 0 Å². The molecule has 0 aliphatic rings. The van der Waals surface area contributed by atoms with Crippen molar-refractivity contribution in [3.63, 3.8) is 0 Å². The van der Waals surface area contributed by atoms with E-state index in [2.05, 4.69) is 32.0 Å². The van der Waals surface area contributed by atoms with Crippen molar-refractivity contribution in [2.24, 2.45) is 7.05 Å². The van der Waals surface area contributed by atoms with Crippen molar-refractivity contribution in [2.45, 2.75) is 0 Å². The molecule has 0 aliphatic carbocycles. The Balaban J connectivity index is 0.00000120. The minimum Gasteiger partial charge on any atom is -1.00 e. The third kappa shape index (κ3) is 2.56. The molecule has 0 aliphatic heterocycles. The number of hydrogen-bond acceptors (Lipinski definition) is 1. The SMILES string of the molecule is C[n+]1cc(Br)cc(-c2nc3ccccc3[nH]2)c1.[I-]. The average molecular weight is 416 g/mol. The van der Waals surface area contributed by atoms with Crippen LogP contribution in [0.2, 0.25) is 0 Å². The van der Waals surface area contributed by atoms with Crippen LogP contribution < -0.4 is 28.5 Å². The van der Waals surface area contributed by atoms with Gasteiger partial charge in [0.1, 0.15) is 12.9 Å². The van der Waals surface area contributed by atoms with Crippen LogP contribution in [0.25, 0.3) is 22.4 Å². The topological polar surface area (TPSA) is 32.6 Å². The second-order valence-corrected chi connectivity index (χ2v) is 4.93. The third-order valence-corrected chi connectivity index (χ3v) is 3.06. The van der Waals surface area contributed by atoms with E-state index in [9.17, 15) is 0 Å². The first kappa shape index (κ1) is 13.5. The minimum absolute atomic E-state index is 0. The number of aromatic amines is 1. The van der Waals surface area contributed by atoms with Crippen LogP contribution in [-0.4, -0.2) is 9.97 Å². The maximum Gasteiger partial charge on any atom is 0.182 e. The molecule has 0 saturated carbocycles. The van der Waals surface area contributed by atoms with Gasteiger partial charge in [0.2, 0.25) is 0 Å². The number of hydrogen-bond donors (Lipinski definition) is 1. The van der Waals surface area contributed by atoms with Crippen molar-refractivity contribution in [3.05, 3.63) is 47.2 Å². The summed E-state index contributed by atoms with van der Waals surface area (Å²) in [6, 6.07) is 10.1. The highest BCUT2D eigenvalue weighted by Gasteiger charge is 2.09. The summed E-state index contributed by atoms with van der Waals surface area (Å²) in [5.41, 5.74) is 3.12. The van der Waals surface area contributed by atoms with Crippen molar-refractivity contribution in [2.75, 3.05) is 0 Å². The van der Waals surface area contributed by atoms with Gasteiger partial charge in [0.05, 0.1) is 21.1 Å². The second kappa shape index (κ2) is 5.36. The fourth-order valence-corrected chi connectivity index (χ4v) is 2.46. The zero-order valence-electron chi connectivity index (χ0n) is 9.69. The van der Waals surface area contributed by atoms with E-state index in [-0.39, 0.29) is 24.0 Å². The van der Waals surface area contributed by atoms with Crippen LogP contribution in [0.5, 0.6) is 0 Å². The molecule has 2 heterocycles. The molecule has 0 atom stereocenters. The number of nitrogens with zero attached hydrogens (tertiary/aromatic N) is 2. The molecule has 0 amide bonds. The summed E-state index contributed by atoms with van der Waals surface area (Å²) in [5, 5.41) is 0. The van der Waals surface area contributed by atoms with E-state index in [1.165, 1.54) is 0 Å². The van der Waals surface area contributed by atoms with Crippen molar-refractivity contribution < 1.29 is 28.5 Å². The number of fused-ring (bicyclic) bond motifs is 1. The fourth-order valence-electron chi connectivity index (χ4n) is 1.89. The second-order valence-electron chi connectivity index (χ2n) is 4.01. The van der Waals surface area contributed by atoms with E-state index in [1.54, 1.807) is 0 Å². The van der Waals surface area contributed by atoms with Gasteiger partial charge in [-0.2, -0.15) is 0 Å². The molecule has 3 rings (SSSR count). The summed E-state index contributed by atoms with van der Waals surface area (Å²) >= 11 is 3.49. The van der Waals surface area contributed by atoms with E-state index in [0.717, 1.165) is 26.9 Å². The van der Waals surface area contributed by atoms with Crippen LogP contribution in [0.15, 0.2) is 47.2 Å². The maximum atomic E-state index is 4.58. The maximum absolute atomic E-state index is 4.58. The van der Waals surface area contributed by atoms with Crippen LogP contribution in [-0.2, 0) is 7.05 Å². The fraction of sp³-hybridized carbons (Fsp3) is 0.0769. The van der Waals surface area contributed by atoms with Crippen molar-refractivity contribution in [1.29, 1.82) is 0 Å². The quantitative estimate of drug-likeness (QED) is 0.434. The van der Waals surface area contributed by atoms with Crippen LogP contribution in [0, 0.1) is 0 Å². The first-order valence-corrected chi connectivity index (χ1v) is 6.12. The first-order valence-electron chi connectivity index (χ1n) is 5.33. The summed E-state index contributed by atoms with van der Waals surface area (Å²) in [6.45, 7) is 0. The Labute approximate surface area is 130 Å². The number of benzene rings is 1. The lowest BCUT2D eigenvalue weighted by Gasteiger charge is -1.95. The number of aromatic nitrogens is 3. The van der Waals surface area contributed by atoms with E-state index in [0.29, 0.717) is 0 Å². The van der Waals surface area contributed by atoms with Crippen LogP contribution in [0.3, 0.4) is 0 Å². The molecule has 3 aromatic rings. The lowest BCUT2D eigenvalue weighted by atomic mass is 10.3. The highest BCUT2D eigenvalue weighted by molar-refractivity contribution is 9.10. The molecular weight excluding hydrogens is 405 g/mol. The van der Waals surface area contributed by atoms with Crippen molar-refractivity contribution in [3.8, 4) is 11.4 Å². The van der Waals surface area contributed by atoms with Gasteiger partial charge in [-0.25, -0.2) is 9.55 Å². The number of halogens is 2. The molecule has 0 bridgehead atoms. The number of rotatable bonds is 1. The lowest BCUT2D eigenvalue weighted by molar-refractivity contribution is -0.671. The Morgan fingerprint density at radius 1 is 1.22 bits per heavy atom. The van der Waals surface area contributed by atoms with Gasteiger partial charge in [-0.3, -0.25) is 0 Å². The lowest BCUT2D eigenvalue weighted by Crippen LogP contribution is -3.00. The third-order valence-electron chi connectivity index (χ3n) is 2.63. The molecular formula is C13H11BrIN3. The first-order chi connectivity index (χ1) is 8.22. The number of pyridine rings is 1. The van der Waals surface area contributed by atoms with E-state index in [4.69, 9.17) is 0 Å². The zero-order valence-corrected chi connectivity index (χ0v) is 13.4. The Bertz CT molecular complexity index is 640. The molecule has 1 N–H and O–H groups in total. The molecule has 92 valence electrons. The Morgan fingerprint density at radius 3 is 2.72 bits per heavy atom. The van der Waals surface area contributed by atoms with Crippen LogP contribution in [0.4, 0.5) is 0 Å². The zero-order chi connectivity index (χ0) is 11.8. The molecule has 1 aromatic carbocycles. The number of nitrogens with one attached hydrogen (secondary N) is 1. The predicted octanol–water partition coefficient (Wildman–Crippen LogP) is -0.179. The molecule has 5 heteroatoms. The van der Waals surface area contributed by atoms with Crippen molar-refractivity contribution in [1.82, 2.24) is 9.97 Å². The Kier molecular flexibility index (Phi) is 4.01. The molecule has 2 aromatic heterocycles. The highest BCUT2D eigenvalue weighted by Crippen LogP contribution is 2.21. The van der Waals surface area contributed by atoms with E-state index >= 15 is 0 Å². The number of para-hydroxylation sites is 2. The molecule has 3 nitrogen and oxygen atoms in total. The molecule has 0 unspecified atom stereocenters. The molecule has 0 radical (unpaired) electrons. The van der Waals surface area contributed by atoms with E-state index < -0.39 is 0 Å². The Morgan fingerprint density at radius 2 is 2.00 bits per heavy atom. The summed E-state index contributed by atoms with van der Waals surface area (Å²) < 4.78 is 3.05. The minimum atomic E-state index is 0. The summed E-state index contributed by atoms with van der Waals surface area (Å²) in [7, 11) is 2.00. The summed E-state index contributed by atoms with van der Waals surface area (Å²) in [5.74, 6) is 0.892. The predicted molar refractivity (Wildman–Crippen MR) is 70.4 cm³/mol. The van der Waals surface area contributed by atoms with Gasteiger partial charge in [-0.15, -0.1) is 0 Å². The highest BCUT2D eigenvalue weighted by atomic mass is 127. The van der Waals surface area contributed by atoms with Gasteiger partial charge in [0.25, 0.3) is 0 Å². The largest absolute Gasteiger partial charge is 1.00 e. The molecule has 0 spiro atoms. The van der Waals surface area contributed by atoms with Gasteiger partial charge >= 0.3 is 0 Å². The van der Waals surface area contributed by atoms with Crippen LogP contribution >= 0.6 is 15.9 Å². The van der Waals surface area contributed by atoms with Crippen molar-refractivity contribution >= 4 is 27.0 Å². The Hall–Kier alpha value is -0.950. The monoisotopic (exact) mass is 415 g/mol. The van der Waals surface area contributed by atoms with Gasteiger partial charge in [-0.1, -0.05) is 12.1 Å². The van der Waals surface area contributed by atoms with E-state index in [1.807, 2.05) is 48.3 Å². The number of aryl methyl sites for hydroxylation is 1. The van der Waals surface area contributed by atoms with Gasteiger partial charge in [-0.05, 0) is 34.1 Å². The molecule has 0 fully saturated rings. The number of H-pyrrole nitrogens is 1. The average Bonchev–Trinajstić information content (AvgIpc) is 2.71. The smallest absolute Gasteiger partial charge is 0.182 e. The summed E-state index contributed by atoms with van der Waals surface area (Å²) in [6.07, 6.45) is 4.05. The number of imidazole rings is 1. The normalized spacial score (nSPS) is 10.3. The van der Waals surface area contributed by atoms with Gasteiger partial charge < -0.3 is 29.0 Å². The molecule has 18 heavy (non-hydrogen) atoms. The molecule has 0 saturated heterocycles. The van der Waals surface area contributed by atoms with Gasteiger partial charge in [0, 0.05) is 0 Å².